The number of aromatic nitrogens is 2. The zero-order valence-corrected chi connectivity index (χ0v) is 11.0. The highest BCUT2D eigenvalue weighted by Crippen LogP contribution is 2.37. The fourth-order valence-electron chi connectivity index (χ4n) is 3.09. The summed E-state index contributed by atoms with van der Waals surface area (Å²) in [6.07, 6.45) is 6.43. The lowest BCUT2D eigenvalue weighted by Gasteiger charge is -2.21. The van der Waals surface area contributed by atoms with Gasteiger partial charge >= 0.3 is 0 Å². The van der Waals surface area contributed by atoms with Crippen molar-refractivity contribution >= 4 is 5.82 Å². The van der Waals surface area contributed by atoms with Gasteiger partial charge in [0, 0.05) is 19.2 Å². The number of ether oxygens (including phenoxy) is 1. The van der Waals surface area contributed by atoms with Crippen molar-refractivity contribution < 1.29 is 4.74 Å². The minimum absolute atomic E-state index is 0.643. The zero-order valence-electron chi connectivity index (χ0n) is 11.0. The lowest BCUT2D eigenvalue weighted by Crippen LogP contribution is -2.21. The lowest BCUT2D eigenvalue weighted by atomic mass is 9.83. The first-order valence-corrected chi connectivity index (χ1v) is 6.53. The number of hydrogen-bond donors (Lipinski definition) is 0. The van der Waals surface area contributed by atoms with Crippen molar-refractivity contribution in [2.75, 3.05) is 25.1 Å². The van der Waals surface area contributed by atoms with Crippen molar-refractivity contribution in [2.45, 2.75) is 19.8 Å². The molecular weight excluding hydrogens is 226 g/mol. The molecule has 2 atom stereocenters. The zero-order chi connectivity index (χ0) is 12.5. The Balaban J connectivity index is 1.76. The number of nitrogens with zero attached hydrogens (tertiary/aromatic N) is 3. The van der Waals surface area contributed by atoms with Crippen molar-refractivity contribution in [3.63, 3.8) is 0 Å². The van der Waals surface area contributed by atoms with E-state index in [0.717, 1.165) is 30.7 Å². The normalized spacial score (nSPS) is 26.8. The predicted octanol–water partition coefficient (Wildman–Crippen LogP) is 2.28. The number of hydrogen-bond acceptors (Lipinski definition) is 4. The molecule has 0 saturated carbocycles. The first-order chi connectivity index (χ1) is 8.76. The van der Waals surface area contributed by atoms with Gasteiger partial charge in [0.05, 0.1) is 7.11 Å². The summed E-state index contributed by atoms with van der Waals surface area (Å²) >= 11 is 0. The van der Waals surface area contributed by atoms with Gasteiger partial charge in [-0.3, -0.25) is 0 Å². The summed E-state index contributed by atoms with van der Waals surface area (Å²) < 4.78 is 5.16. The van der Waals surface area contributed by atoms with Crippen LogP contribution in [0.4, 0.5) is 5.82 Å². The number of fused-ring (bicyclic) bond motifs is 1. The van der Waals surface area contributed by atoms with Crippen LogP contribution in [0.1, 0.15) is 19.8 Å². The Hall–Kier alpha value is -1.58. The second-order valence-electron chi connectivity index (χ2n) is 5.33. The van der Waals surface area contributed by atoms with Crippen LogP contribution in [0.5, 0.6) is 5.88 Å². The van der Waals surface area contributed by atoms with E-state index < -0.39 is 0 Å². The highest BCUT2D eigenvalue weighted by molar-refractivity contribution is 5.42. The Morgan fingerprint density at radius 1 is 1.28 bits per heavy atom. The van der Waals surface area contributed by atoms with Crippen LogP contribution in [-0.2, 0) is 0 Å². The second kappa shape index (κ2) is 4.59. The molecule has 96 valence electrons. The molecule has 1 aromatic rings. The lowest BCUT2D eigenvalue weighted by molar-refractivity contribution is 0.397. The molecule has 0 bridgehead atoms. The van der Waals surface area contributed by atoms with E-state index in [0.29, 0.717) is 5.88 Å². The van der Waals surface area contributed by atoms with Gasteiger partial charge in [-0.15, -0.1) is 0 Å². The standard InChI is InChI=1S/C14H19N3O/c1-10-3-4-11-7-17(8-12(11)5-10)13-6-14(18-2)16-9-15-13/h3,6,9,11-12H,4-5,7-8H2,1-2H3/t11-,12+/m0/s1. The number of methoxy groups -OCH3 is 1. The summed E-state index contributed by atoms with van der Waals surface area (Å²) in [4.78, 5) is 10.8. The number of allylic oxidation sites excluding steroid dienone is 2. The Bertz CT molecular complexity index is 472. The van der Waals surface area contributed by atoms with Gasteiger partial charge in [0.15, 0.2) is 0 Å². The maximum absolute atomic E-state index is 5.16. The first-order valence-electron chi connectivity index (χ1n) is 6.53. The van der Waals surface area contributed by atoms with Crippen LogP contribution in [-0.4, -0.2) is 30.2 Å². The SMILES string of the molecule is COc1cc(N2C[C@H]3CC(C)=CC[C@H]3C2)ncn1. The molecule has 2 aliphatic rings. The molecule has 1 aliphatic carbocycles. The molecule has 0 N–H and O–H groups in total. The van der Waals surface area contributed by atoms with Crippen LogP contribution in [0.2, 0.25) is 0 Å². The molecule has 0 unspecified atom stereocenters. The minimum Gasteiger partial charge on any atom is -0.481 e. The van der Waals surface area contributed by atoms with Crippen LogP contribution in [0.3, 0.4) is 0 Å². The van der Waals surface area contributed by atoms with Crippen molar-refractivity contribution in [3.8, 4) is 5.88 Å². The molecular formula is C14H19N3O. The topological polar surface area (TPSA) is 38.2 Å². The molecule has 0 amide bonds. The highest BCUT2D eigenvalue weighted by Gasteiger charge is 2.34. The van der Waals surface area contributed by atoms with Crippen molar-refractivity contribution in [1.29, 1.82) is 0 Å². The molecule has 1 saturated heterocycles. The summed E-state index contributed by atoms with van der Waals surface area (Å²) in [6.45, 7) is 4.46. The van der Waals surface area contributed by atoms with E-state index >= 15 is 0 Å². The van der Waals surface area contributed by atoms with Crippen molar-refractivity contribution in [1.82, 2.24) is 9.97 Å². The van der Waals surface area contributed by atoms with Crippen molar-refractivity contribution in [2.24, 2.45) is 11.8 Å². The third-order valence-corrected chi connectivity index (χ3v) is 4.09. The van der Waals surface area contributed by atoms with E-state index in [1.165, 1.54) is 12.8 Å². The van der Waals surface area contributed by atoms with Gasteiger partial charge in [0.2, 0.25) is 5.88 Å². The van der Waals surface area contributed by atoms with Gasteiger partial charge in [-0.2, -0.15) is 0 Å². The molecule has 0 radical (unpaired) electrons. The van der Waals surface area contributed by atoms with Crippen LogP contribution < -0.4 is 9.64 Å². The van der Waals surface area contributed by atoms with Gasteiger partial charge in [-0.25, -0.2) is 9.97 Å². The summed E-state index contributed by atoms with van der Waals surface area (Å²) in [5, 5.41) is 0. The summed E-state index contributed by atoms with van der Waals surface area (Å²) in [5.74, 6) is 3.21. The average molecular weight is 245 g/mol. The van der Waals surface area contributed by atoms with E-state index in [9.17, 15) is 0 Å². The largest absolute Gasteiger partial charge is 0.481 e. The van der Waals surface area contributed by atoms with Gasteiger partial charge in [0.25, 0.3) is 0 Å². The molecule has 1 fully saturated rings. The molecule has 0 aromatic carbocycles. The van der Waals surface area contributed by atoms with Crippen molar-refractivity contribution in [3.05, 3.63) is 24.0 Å². The fourth-order valence-corrected chi connectivity index (χ4v) is 3.09. The van der Waals surface area contributed by atoms with Gasteiger partial charge in [-0.05, 0) is 31.6 Å². The number of anilines is 1. The summed E-state index contributed by atoms with van der Waals surface area (Å²) in [6, 6.07) is 1.93. The van der Waals surface area contributed by atoms with E-state index in [1.54, 1.807) is 19.0 Å². The maximum atomic E-state index is 5.16. The second-order valence-corrected chi connectivity index (χ2v) is 5.33. The van der Waals surface area contributed by atoms with E-state index in [1.807, 2.05) is 6.07 Å². The van der Waals surface area contributed by atoms with Gasteiger partial charge < -0.3 is 9.64 Å². The Labute approximate surface area is 108 Å². The van der Waals surface area contributed by atoms with Crippen LogP contribution in [0.25, 0.3) is 0 Å². The van der Waals surface area contributed by atoms with Crippen LogP contribution in [0.15, 0.2) is 24.0 Å². The smallest absolute Gasteiger partial charge is 0.218 e. The summed E-state index contributed by atoms with van der Waals surface area (Å²) in [5.41, 5.74) is 1.54. The van der Waals surface area contributed by atoms with Gasteiger partial charge in [-0.1, -0.05) is 11.6 Å². The minimum atomic E-state index is 0.643. The quantitative estimate of drug-likeness (QED) is 0.749. The fraction of sp³-hybridized carbons (Fsp3) is 0.571. The molecule has 4 heteroatoms. The molecule has 1 aromatic heterocycles. The Morgan fingerprint density at radius 3 is 2.94 bits per heavy atom. The van der Waals surface area contributed by atoms with E-state index in [2.05, 4.69) is 27.9 Å². The molecule has 4 nitrogen and oxygen atoms in total. The Morgan fingerprint density at radius 2 is 2.11 bits per heavy atom. The third kappa shape index (κ3) is 2.07. The van der Waals surface area contributed by atoms with Gasteiger partial charge in [0.1, 0.15) is 12.1 Å². The first kappa shape index (κ1) is 11.5. The molecule has 1 aliphatic heterocycles. The highest BCUT2D eigenvalue weighted by atomic mass is 16.5. The predicted molar refractivity (Wildman–Crippen MR) is 70.8 cm³/mol. The van der Waals surface area contributed by atoms with E-state index in [-0.39, 0.29) is 0 Å². The molecule has 2 heterocycles. The Kier molecular flexibility index (Phi) is 2.94. The maximum Gasteiger partial charge on any atom is 0.218 e. The molecule has 0 spiro atoms. The summed E-state index contributed by atoms with van der Waals surface area (Å²) in [7, 11) is 1.64. The van der Waals surface area contributed by atoms with Crippen LogP contribution >= 0.6 is 0 Å². The van der Waals surface area contributed by atoms with Crippen LogP contribution in [0, 0.1) is 11.8 Å². The third-order valence-electron chi connectivity index (χ3n) is 4.09. The monoisotopic (exact) mass is 245 g/mol. The van der Waals surface area contributed by atoms with E-state index in [4.69, 9.17) is 4.74 Å². The molecule has 18 heavy (non-hydrogen) atoms. The average Bonchev–Trinajstić information content (AvgIpc) is 2.81. The molecule has 3 rings (SSSR count). The number of rotatable bonds is 2.